The lowest BCUT2D eigenvalue weighted by molar-refractivity contribution is -0.132. The summed E-state index contributed by atoms with van der Waals surface area (Å²) in [5.41, 5.74) is 4.21. The number of aromatic nitrogens is 1. The summed E-state index contributed by atoms with van der Waals surface area (Å²) < 4.78 is 12.4. The number of fused-ring (bicyclic) bond motifs is 1. The van der Waals surface area contributed by atoms with E-state index in [1.807, 2.05) is 38.2 Å². The molecule has 0 spiro atoms. The van der Waals surface area contributed by atoms with Crippen molar-refractivity contribution in [2.24, 2.45) is 7.05 Å². The Morgan fingerprint density at radius 1 is 0.880 bits per heavy atom. The number of hydrogen-bond donors (Lipinski definition) is 0. The number of esters is 2. The molecule has 25 heavy (non-hydrogen) atoms. The number of aryl methyl sites for hydroxylation is 2. The fourth-order valence-corrected chi connectivity index (χ4v) is 3.09. The lowest BCUT2D eigenvalue weighted by Crippen LogP contribution is -2.01. The molecule has 0 radical (unpaired) electrons. The van der Waals surface area contributed by atoms with Crippen molar-refractivity contribution in [2.75, 3.05) is 0 Å². The largest absolute Gasteiger partial charge is 0.427 e. The van der Waals surface area contributed by atoms with Gasteiger partial charge in [-0.2, -0.15) is 0 Å². The molecule has 3 aromatic rings. The number of benzene rings is 2. The van der Waals surface area contributed by atoms with Crippen LogP contribution < -0.4 is 9.47 Å². The second kappa shape index (κ2) is 6.43. The first-order valence-electron chi connectivity index (χ1n) is 7.93. The molecule has 0 unspecified atom stereocenters. The van der Waals surface area contributed by atoms with E-state index in [9.17, 15) is 9.59 Å². The molecule has 0 amide bonds. The zero-order valence-electron chi connectivity index (χ0n) is 14.6. The van der Waals surface area contributed by atoms with Crippen molar-refractivity contribution >= 4 is 22.8 Å². The Hall–Kier alpha value is -3.08. The molecule has 128 valence electrons. The van der Waals surface area contributed by atoms with Gasteiger partial charge in [0, 0.05) is 31.8 Å². The molecular weight excluding hydrogens is 318 g/mol. The van der Waals surface area contributed by atoms with E-state index < -0.39 is 0 Å². The minimum Gasteiger partial charge on any atom is -0.427 e. The maximum absolute atomic E-state index is 11.2. The van der Waals surface area contributed by atoms with E-state index in [0.717, 1.165) is 27.7 Å². The third-order valence-corrected chi connectivity index (χ3v) is 4.07. The summed E-state index contributed by atoms with van der Waals surface area (Å²) in [5.74, 6) is 0.371. The standard InChI is InChI=1S/C20H19NO4/c1-12-18-11-17(25-14(3)23)9-10-19(18)21(4)20(12)15-5-7-16(8-6-15)24-13(2)22/h5-11H,1-4H3. The van der Waals surface area contributed by atoms with E-state index in [2.05, 4.69) is 4.57 Å². The van der Waals surface area contributed by atoms with Gasteiger partial charge in [-0.25, -0.2) is 0 Å². The van der Waals surface area contributed by atoms with E-state index in [0.29, 0.717) is 11.5 Å². The third kappa shape index (κ3) is 3.26. The molecule has 0 saturated heterocycles. The summed E-state index contributed by atoms with van der Waals surface area (Å²) >= 11 is 0. The van der Waals surface area contributed by atoms with Crippen LogP contribution in [0.25, 0.3) is 22.2 Å². The van der Waals surface area contributed by atoms with E-state index in [1.165, 1.54) is 13.8 Å². The summed E-state index contributed by atoms with van der Waals surface area (Å²) in [6.07, 6.45) is 0. The first-order valence-corrected chi connectivity index (χ1v) is 7.93. The van der Waals surface area contributed by atoms with Gasteiger partial charge in [-0.1, -0.05) is 0 Å². The van der Waals surface area contributed by atoms with Crippen molar-refractivity contribution in [1.82, 2.24) is 4.57 Å². The van der Waals surface area contributed by atoms with Crippen LogP contribution in [0.15, 0.2) is 42.5 Å². The summed E-state index contributed by atoms with van der Waals surface area (Å²) in [6.45, 7) is 4.80. The minimum absolute atomic E-state index is 0.339. The Morgan fingerprint density at radius 3 is 2.04 bits per heavy atom. The summed E-state index contributed by atoms with van der Waals surface area (Å²) in [5, 5.41) is 1.03. The lowest BCUT2D eigenvalue weighted by atomic mass is 10.1. The molecule has 0 atom stereocenters. The lowest BCUT2D eigenvalue weighted by Gasteiger charge is -2.07. The molecule has 0 saturated carbocycles. The van der Waals surface area contributed by atoms with Crippen LogP contribution in [0, 0.1) is 6.92 Å². The van der Waals surface area contributed by atoms with Crippen LogP contribution in [0.1, 0.15) is 19.4 Å². The van der Waals surface area contributed by atoms with Gasteiger partial charge < -0.3 is 14.0 Å². The normalized spacial score (nSPS) is 10.7. The van der Waals surface area contributed by atoms with Gasteiger partial charge in [-0.3, -0.25) is 9.59 Å². The Labute approximate surface area is 145 Å². The summed E-state index contributed by atoms with van der Waals surface area (Å²) in [7, 11) is 2.00. The minimum atomic E-state index is -0.341. The van der Waals surface area contributed by atoms with Crippen molar-refractivity contribution < 1.29 is 19.1 Å². The fraction of sp³-hybridized carbons (Fsp3) is 0.200. The van der Waals surface area contributed by atoms with Crippen molar-refractivity contribution in [1.29, 1.82) is 0 Å². The number of carbonyl (C=O) groups excluding carboxylic acids is 2. The number of carbonyl (C=O) groups is 2. The summed E-state index contributed by atoms with van der Waals surface area (Å²) in [6, 6.07) is 13.0. The first-order chi connectivity index (χ1) is 11.9. The Morgan fingerprint density at radius 2 is 1.44 bits per heavy atom. The van der Waals surface area contributed by atoms with Crippen LogP contribution >= 0.6 is 0 Å². The molecule has 1 heterocycles. The highest BCUT2D eigenvalue weighted by atomic mass is 16.5. The molecular formula is C20H19NO4. The van der Waals surface area contributed by atoms with Gasteiger partial charge in [0.1, 0.15) is 11.5 Å². The van der Waals surface area contributed by atoms with Crippen molar-refractivity contribution in [3.8, 4) is 22.8 Å². The highest BCUT2D eigenvalue weighted by molar-refractivity contribution is 5.92. The highest BCUT2D eigenvalue weighted by Gasteiger charge is 2.15. The molecule has 1 aromatic heterocycles. The highest BCUT2D eigenvalue weighted by Crippen LogP contribution is 2.35. The van der Waals surface area contributed by atoms with Gasteiger partial charge in [-0.15, -0.1) is 0 Å². The summed E-state index contributed by atoms with van der Waals surface area (Å²) in [4.78, 5) is 22.2. The number of rotatable bonds is 3. The van der Waals surface area contributed by atoms with Gasteiger partial charge in [0.15, 0.2) is 0 Å². The van der Waals surface area contributed by atoms with Crippen LogP contribution in [0.5, 0.6) is 11.5 Å². The number of ether oxygens (including phenoxy) is 2. The number of hydrogen-bond acceptors (Lipinski definition) is 4. The third-order valence-electron chi connectivity index (χ3n) is 4.07. The van der Waals surface area contributed by atoms with Gasteiger partial charge in [0.25, 0.3) is 0 Å². The zero-order valence-corrected chi connectivity index (χ0v) is 14.6. The van der Waals surface area contributed by atoms with Crippen molar-refractivity contribution in [3.05, 3.63) is 48.0 Å². The fourth-order valence-electron chi connectivity index (χ4n) is 3.09. The zero-order chi connectivity index (χ0) is 18.1. The molecule has 5 nitrogen and oxygen atoms in total. The molecule has 5 heteroatoms. The van der Waals surface area contributed by atoms with Crippen LogP contribution in [0.3, 0.4) is 0 Å². The molecule has 2 aromatic carbocycles. The Bertz CT molecular complexity index is 968. The van der Waals surface area contributed by atoms with Crippen LogP contribution in [-0.2, 0) is 16.6 Å². The van der Waals surface area contributed by atoms with E-state index >= 15 is 0 Å². The average molecular weight is 337 g/mol. The molecule has 0 fully saturated rings. The molecule has 0 aliphatic heterocycles. The van der Waals surface area contributed by atoms with E-state index in [4.69, 9.17) is 9.47 Å². The van der Waals surface area contributed by atoms with Gasteiger partial charge >= 0.3 is 11.9 Å². The van der Waals surface area contributed by atoms with Crippen LogP contribution in [0.4, 0.5) is 0 Å². The van der Waals surface area contributed by atoms with Crippen molar-refractivity contribution in [2.45, 2.75) is 20.8 Å². The molecule has 3 rings (SSSR count). The molecule has 0 aliphatic rings. The predicted molar refractivity (Wildman–Crippen MR) is 95.7 cm³/mol. The second-order valence-corrected chi connectivity index (χ2v) is 5.92. The number of nitrogens with zero attached hydrogens (tertiary/aromatic N) is 1. The van der Waals surface area contributed by atoms with Crippen LogP contribution in [0.2, 0.25) is 0 Å². The van der Waals surface area contributed by atoms with Crippen LogP contribution in [-0.4, -0.2) is 16.5 Å². The van der Waals surface area contributed by atoms with Gasteiger partial charge in [-0.05, 0) is 60.5 Å². The Kier molecular flexibility index (Phi) is 4.31. The second-order valence-electron chi connectivity index (χ2n) is 5.92. The van der Waals surface area contributed by atoms with Gasteiger partial charge in [0.2, 0.25) is 0 Å². The van der Waals surface area contributed by atoms with Gasteiger partial charge in [0.05, 0.1) is 5.69 Å². The SMILES string of the molecule is CC(=O)Oc1ccc(-c2c(C)c3cc(OC(C)=O)ccc3n2C)cc1. The molecule has 0 N–H and O–H groups in total. The average Bonchev–Trinajstić information content (AvgIpc) is 2.78. The topological polar surface area (TPSA) is 57.5 Å². The monoisotopic (exact) mass is 337 g/mol. The maximum atomic E-state index is 11.2. The quantitative estimate of drug-likeness (QED) is 0.535. The van der Waals surface area contributed by atoms with E-state index in [-0.39, 0.29) is 11.9 Å². The predicted octanol–water partition coefficient (Wildman–Crippen LogP) is 4.00. The smallest absolute Gasteiger partial charge is 0.308 e. The maximum Gasteiger partial charge on any atom is 0.308 e. The Balaban J connectivity index is 2.07. The molecule has 0 bridgehead atoms. The van der Waals surface area contributed by atoms with Crippen molar-refractivity contribution in [3.63, 3.8) is 0 Å². The first kappa shape index (κ1) is 16.8. The molecule has 0 aliphatic carbocycles. The van der Waals surface area contributed by atoms with E-state index in [1.54, 1.807) is 18.2 Å².